The molecule has 0 heterocycles. The van der Waals surface area contributed by atoms with Gasteiger partial charge in [-0.1, -0.05) is 83.1 Å². The first-order valence-corrected chi connectivity index (χ1v) is 14.8. The summed E-state index contributed by atoms with van der Waals surface area (Å²) in [7, 11) is -1.64. The maximum absolute atomic E-state index is 5.67. The molecule has 0 fully saturated rings. The average Bonchev–Trinajstić information content (AvgIpc) is 2.77. The zero-order valence-corrected chi connectivity index (χ0v) is 24.3. The Labute approximate surface area is 212 Å². The molecule has 0 spiro atoms. The average molecular weight is 509 g/mol. The van der Waals surface area contributed by atoms with Crippen molar-refractivity contribution in [1.82, 2.24) is 0 Å². The molecule has 0 N–H and O–H groups in total. The van der Waals surface area contributed by atoms with E-state index in [0.717, 1.165) is 12.3 Å². The van der Waals surface area contributed by atoms with E-state index in [1.54, 1.807) is 0 Å². The normalized spacial score (nSPS) is 14.8. The van der Waals surface area contributed by atoms with Crippen LogP contribution >= 0.6 is 16.8 Å². The summed E-state index contributed by atoms with van der Waals surface area (Å²) in [6.45, 7) is 19.2. The van der Waals surface area contributed by atoms with Crippen molar-refractivity contribution in [1.29, 1.82) is 0 Å². The van der Waals surface area contributed by atoms with Gasteiger partial charge in [0, 0.05) is 12.3 Å². The minimum absolute atomic E-state index is 0.688. The van der Waals surface area contributed by atoms with E-state index < -0.39 is 16.8 Å². The van der Waals surface area contributed by atoms with Gasteiger partial charge in [0.1, 0.15) is 0 Å². The van der Waals surface area contributed by atoms with Crippen LogP contribution < -0.4 is 0 Å². The Bertz CT molecular complexity index is 672. The van der Waals surface area contributed by atoms with Crippen LogP contribution in [0.2, 0.25) is 0 Å². The van der Waals surface area contributed by atoms with Gasteiger partial charge in [0.2, 0.25) is 0 Å². The van der Waals surface area contributed by atoms with Crippen molar-refractivity contribution in [2.45, 2.75) is 55.4 Å². The third-order valence-electron chi connectivity index (χ3n) is 4.16. The molecular formula is C28H46O4P2. The lowest BCUT2D eigenvalue weighted by atomic mass is 10.2. The Hall–Kier alpha value is -1.12. The first kappa shape index (κ1) is 32.9. The third kappa shape index (κ3) is 19.2. The largest absolute Gasteiger partial charge is 0.334 e. The minimum Gasteiger partial charge on any atom is -0.334 e. The van der Waals surface area contributed by atoms with Gasteiger partial charge >= 0.3 is 0 Å². The number of hydrogen-bond acceptors (Lipinski definition) is 4. The van der Waals surface area contributed by atoms with E-state index in [4.69, 9.17) is 18.1 Å². The Balaban J connectivity index is 4.68. The fraction of sp³-hybridized carbons (Fsp3) is 0.500. The highest BCUT2D eigenvalue weighted by Gasteiger charge is 2.09. The first-order valence-electron chi connectivity index (χ1n) is 12.1. The predicted octanol–water partition coefficient (Wildman–Crippen LogP) is 9.21. The van der Waals surface area contributed by atoms with Crippen LogP contribution in [0.3, 0.4) is 0 Å². The summed E-state index contributed by atoms with van der Waals surface area (Å²) >= 11 is 0. The molecule has 0 saturated carbocycles. The van der Waals surface area contributed by atoms with Crippen LogP contribution in [0.4, 0.5) is 0 Å². The van der Waals surface area contributed by atoms with Gasteiger partial charge in [-0.2, -0.15) is 0 Å². The molecule has 0 radical (unpaired) electrons. The van der Waals surface area contributed by atoms with Gasteiger partial charge in [0.05, 0.1) is 26.4 Å². The summed E-state index contributed by atoms with van der Waals surface area (Å²) in [6, 6.07) is 0. The Kier molecular flexibility index (Phi) is 21.6. The SMILES string of the molecule is CCOP(C/C(C)=C/C=C/C(C)=C/C=C/C=C(C)/C=C/C=C(\C)CP(OCC)OCC)OCC. The van der Waals surface area contributed by atoms with E-state index >= 15 is 0 Å². The fourth-order valence-corrected chi connectivity index (χ4v) is 5.29. The minimum atomic E-state index is -0.820. The fourth-order valence-electron chi connectivity index (χ4n) is 2.60. The molecule has 0 bridgehead atoms. The number of allylic oxidation sites excluding steroid dienone is 14. The molecule has 0 saturated heterocycles. The highest BCUT2D eigenvalue weighted by molar-refractivity contribution is 7.47. The molecule has 0 unspecified atom stereocenters. The molecule has 0 atom stereocenters. The monoisotopic (exact) mass is 508 g/mol. The van der Waals surface area contributed by atoms with Crippen LogP contribution in [-0.4, -0.2) is 38.8 Å². The summed E-state index contributed by atoms with van der Waals surface area (Å²) < 4.78 is 22.7. The molecule has 4 nitrogen and oxygen atoms in total. The van der Waals surface area contributed by atoms with Crippen LogP contribution in [-0.2, 0) is 18.1 Å². The highest BCUT2D eigenvalue weighted by Crippen LogP contribution is 2.40. The summed E-state index contributed by atoms with van der Waals surface area (Å²) in [6.07, 6.45) is 22.7. The van der Waals surface area contributed by atoms with Crippen molar-refractivity contribution < 1.29 is 18.1 Å². The molecule has 0 aromatic heterocycles. The molecule has 0 aromatic rings. The zero-order valence-electron chi connectivity index (χ0n) is 22.5. The van der Waals surface area contributed by atoms with Crippen molar-refractivity contribution in [3.8, 4) is 0 Å². The van der Waals surface area contributed by atoms with Crippen LogP contribution in [0.1, 0.15) is 55.4 Å². The van der Waals surface area contributed by atoms with Gasteiger partial charge in [0.15, 0.2) is 16.8 Å². The molecule has 0 aromatic carbocycles. The van der Waals surface area contributed by atoms with E-state index in [1.165, 1.54) is 22.3 Å². The first-order chi connectivity index (χ1) is 16.4. The zero-order chi connectivity index (χ0) is 25.6. The van der Waals surface area contributed by atoms with E-state index in [9.17, 15) is 0 Å². The van der Waals surface area contributed by atoms with Crippen molar-refractivity contribution in [2.24, 2.45) is 0 Å². The second kappa shape index (κ2) is 22.4. The van der Waals surface area contributed by atoms with Gasteiger partial charge in [0.25, 0.3) is 0 Å². The molecule has 0 aliphatic carbocycles. The van der Waals surface area contributed by atoms with Gasteiger partial charge in [-0.15, -0.1) is 0 Å². The van der Waals surface area contributed by atoms with Crippen molar-refractivity contribution in [3.05, 3.63) is 83.1 Å². The predicted molar refractivity (Wildman–Crippen MR) is 153 cm³/mol. The van der Waals surface area contributed by atoms with Crippen LogP contribution in [0.25, 0.3) is 0 Å². The highest BCUT2D eigenvalue weighted by atomic mass is 31.2. The molecule has 6 heteroatoms. The number of rotatable bonds is 18. The molecule has 0 aliphatic rings. The second-order valence-electron chi connectivity index (χ2n) is 7.60. The van der Waals surface area contributed by atoms with Crippen LogP contribution in [0.15, 0.2) is 83.1 Å². The van der Waals surface area contributed by atoms with Crippen LogP contribution in [0, 0.1) is 0 Å². The Morgan fingerprint density at radius 1 is 0.500 bits per heavy atom. The smallest absolute Gasteiger partial charge is 0.174 e. The number of hydrogen-bond donors (Lipinski definition) is 0. The van der Waals surface area contributed by atoms with Gasteiger partial charge in [-0.05, 0) is 55.4 Å². The quantitative estimate of drug-likeness (QED) is 0.137. The topological polar surface area (TPSA) is 36.9 Å². The molecule has 0 aliphatic heterocycles. The molecular weight excluding hydrogens is 462 g/mol. The summed E-state index contributed by atoms with van der Waals surface area (Å²) in [4.78, 5) is 0. The maximum atomic E-state index is 5.67. The molecule has 34 heavy (non-hydrogen) atoms. The standard InChI is InChI=1S/C28H46O4P2/c1-9-29-33(30-10-2)23-27(7)21-15-19-25(5)17-13-14-18-26(6)20-16-22-28(8)24-34(31-11-3)32-12-4/h13-22H,9-12,23-24H2,1-8H3/b14-13+,19-15+,20-16+,25-17+,26-18+,27-21+,28-22+. The van der Waals surface area contributed by atoms with Crippen molar-refractivity contribution in [3.63, 3.8) is 0 Å². The van der Waals surface area contributed by atoms with E-state index in [1.807, 2.05) is 27.7 Å². The lowest BCUT2D eigenvalue weighted by Gasteiger charge is -2.15. The van der Waals surface area contributed by atoms with Crippen molar-refractivity contribution in [2.75, 3.05) is 38.8 Å². The maximum Gasteiger partial charge on any atom is 0.174 e. The van der Waals surface area contributed by atoms with E-state index in [2.05, 4.69) is 88.5 Å². The van der Waals surface area contributed by atoms with Gasteiger partial charge in [-0.3, -0.25) is 0 Å². The summed E-state index contributed by atoms with van der Waals surface area (Å²) in [5, 5.41) is 0. The second-order valence-corrected chi connectivity index (χ2v) is 10.6. The Morgan fingerprint density at radius 2 is 0.824 bits per heavy atom. The van der Waals surface area contributed by atoms with E-state index in [-0.39, 0.29) is 0 Å². The molecule has 0 amide bonds. The molecule has 192 valence electrons. The third-order valence-corrected chi connectivity index (χ3v) is 7.86. The summed E-state index contributed by atoms with van der Waals surface area (Å²) in [5.41, 5.74) is 4.90. The van der Waals surface area contributed by atoms with Gasteiger partial charge < -0.3 is 18.1 Å². The summed E-state index contributed by atoms with van der Waals surface area (Å²) in [5.74, 6) is 0. The van der Waals surface area contributed by atoms with Gasteiger partial charge in [-0.25, -0.2) is 0 Å². The van der Waals surface area contributed by atoms with Crippen LogP contribution in [0.5, 0.6) is 0 Å². The molecule has 0 rings (SSSR count). The van der Waals surface area contributed by atoms with Crippen molar-refractivity contribution >= 4 is 16.8 Å². The Morgan fingerprint density at radius 3 is 1.12 bits per heavy atom. The lowest BCUT2D eigenvalue weighted by Crippen LogP contribution is -1.96. The van der Waals surface area contributed by atoms with E-state index in [0.29, 0.717) is 26.4 Å². The lowest BCUT2D eigenvalue weighted by molar-refractivity contribution is 0.270.